The van der Waals surface area contributed by atoms with Crippen LogP contribution in [0.1, 0.15) is 203 Å². The van der Waals surface area contributed by atoms with Gasteiger partial charge in [0.05, 0.1) is 0 Å². The Bertz CT molecular complexity index is 1350. The number of hydrogen-bond donors (Lipinski definition) is 0. The molecule has 0 aliphatic heterocycles. The molecule has 4 radical (unpaired) electrons. The Labute approximate surface area is 356 Å². The average molecular weight is 776 g/mol. The van der Waals surface area contributed by atoms with Crippen molar-refractivity contribution in [3.63, 3.8) is 0 Å². The summed E-state index contributed by atoms with van der Waals surface area (Å²) in [7, 11) is 3.50. The van der Waals surface area contributed by atoms with E-state index in [0.717, 1.165) is 0 Å². The first-order chi connectivity index (χ1) is 24.9. The third-order valence-corrected chi connectivity index (χ3v) is 9.82. The largest absolute Gasteiger partial charge is 3.00 e. The van der Waals surface area contributed by atoms with Crippen LogP contribution in [0.2, 0.25) is 0 Å². The zero-order valence-corrected chi connectivity index (χ0v) is 39.5. The molecule has 0 saturated heterocycles. The predicted octanol–water partition coefficient (Wildman–Crippen LogP) is 17.3. The standard InChI is InChI=1S/2C24H34N.C2H6N.B.Ti/c2*1-15(2)19-11-9-12-20(16(3)4)23(19)25-24-21(17(5)6)13-10-14-22(24)18(7)8;1-3-2;;/h2*9-18H,1-8H3;1-2H3;;/q3*-1;;+3. The van der Waals surface area contributed by atoms with Crippen LogP contribution in [0.4, 0.5) is 22.7 Å². The molecule has 0 fully saturated rings. The Morgan fingerprint density at radius 2 is 0.400 bits per heavy atom. The third kappa shape index (κ3) is 14.3. The summed E-state index contributed by atoms with van der Waals surface area (Å²) in [5.41, 5.74) is 15.5. The van der Waals surface area contributed by atoms with Crippen LogP contribution >= 0.6 is 0 Å². The molecule has 0 aliphatic rings. The minimum atomic E-state index is 0. The minimum absolute atomic E-state index is 0. The van der Waals surface area contributed by atoms with Crippen LogP contribution in [0.25, 0.3) is 16.0 Å². The van der Waals surface area contributed by atoms with Crippen LogP contribution in [-0.2, 0) is 21.7 Å². The van der Waals surface area contributed by atoms with E-state index in [1.807, 2.05) is 0 Å². The van der Waals surface area contributed by atoms with Crippen LogP contribution in [0.3, 0.4) is 0 Å². The summed E-state index contributed by atoms with van der Waals surface area (Å²) < 4.78 is 0. The van der Waals surface area contributed by atoms with E-state index < -0.39 is 0 Å². The van der Waals surface area contributed by atoms with Crippen molar-refractivity contribution in [3.8, 4) is 0 Å². The maximum atomic E-state index is 5.33. The van der Waals surface area contributed by atoms with Gasteiger partial charge in [-0.25, -0.2) is 0 Å². The predicted molar refractivity (Wildman–Crippen MR) is 245 cm³/mol. The van der Waals surface area contributed by atoms with Crippen LogP contribution in [0.5, 0.6) is 0 Å². The molecule has 4 aromatic carbocycles. The van der Waals surface area contributed by atoms with Gasteiger partial charge in [0, 0.05) is 8.41 Å². The summed E-state index contributed by atoms with van der Waals surface area (Å²) in [6, 6.07) is 26.6. The Morgan fingerprint density at radius 3 is 0.491 bits per heavy atom. The molecule has 0 aliphatic carbocycles. The number of hydrogen-bond acceptors (Lipinski definition) is 0. The zero-order valence-electron chi connectivity index (χ0n) is 38.0. The molecule has 296 valence electrons. The van der Waals surface area contributed by atoms with Crippen LogP contribution in [0, 0.1) is 0 Å². The Kier molecular flexibility index (Phi) is 23.5. The normalized spacial score (nSPS) is 11.1. The SMILES string of the molecule is CC(C)c1cccc(C(C)C)c1[N-]c1c(C(C)C)cccc1C(C)C.CC(C)c1cccc(C(C)C)c1[N-]c1c(C(C)C)cccc1C(C)C.C[N-]C.[B].[Ti+3]. The quantitative estimate of drug-likeness (QED) is 0.129. The van der Waals surface area contributed by atoms with Gasteiger partial charge < -0.3 is 16.0 Å². The third-order valence-electron chi connectivity index (χ3n) is 9.82. The summed E-state index contributed by atoms with van der Waals surface area (Å²) >= 11 is 0. The van der Waals surface area contributed by atoms with E-state index in [1.54, 1.807) is 14.1 Å². The molecule has 0 saturated carbocycles. The molecular weight excluding hydrogens is 701 g/mol. The second-order valence-electron chi connectivity index (χ2n) is 17.0. The van der Waals surface area contributed by atoms with Crippen molar-refractivity contribution >= 4 is 31.2 Å². The molecule has 0 spiro atoms. The van der Waals surface area contributed by atoms with Gasteiger partial charge in [-0.3, -0.25) is 0 Å². The second kappa shape index (κ2) is 24.8. The molecule has 4 rings (SSSR count). The first-order valence-electron chi connectivity index (χ1n) is 20.3. The van der Waals surface area contributed by atoms with Crippen molar-refractivity contribution in [2.75, 3.05) is 14.1 Å². The van der Waals surface area contributed by atoms with Gasteiger partial charge in [-0.15, -0.1) is 22.7 Å². The van der Waals surface area contributed by atoms with Crippen molar-refractivity contribution in [2.45, 2.75) is 158 Å². The van der Waals surface area contributed by atoms with Gasteiger partial charge in [0.1, 0.15) is 0 Å². The fourth-order valence-corrected chi connectivity index (χ4v) is 6.79. The molecule has 0 heterocycles. The second-order valence-corrected chi connectivity index (χ2v) is 17.0. The minimum Gasteiger partial charge on any atom is -0.668 e. The van der Waals surface area contributed by atoms with E-state index in [0.29, 0.717) is 47.3 Å². The van der Waals surface area contributed by atoms with Gasteiger partial charge in [0.15, 0.2) is 0 Å². The van der Waals surface area contributed by atoms with Gasteiger partial charge >= 0.3 is 21.7 Å². The topological polar surface area (TPSA) is 42.3 Å². The van der Waals surface area contributed by atoms with E-state index in [-0.39, 0.29) is 30.1 Å². The molecule has 0 atom stereocenters. The number of rotatable bonds is 12. The van der Waals surface area contributed by atoms with Gasteiger partial charge in [0.25, 0.3) is 0 Å². The van der Waals surface area contributed by atoms with Crippen molar-refractivity contribution in [2.24, 2.45) is 0 Å². The molecule has 3 nitrogen and oxygen atoms in total. The molecule has 0 N–H and O–H groups in total. The summed E-state index contributed by atoms with van der Waals surface area (Å²) in [6.45, 7) is 36.2. The summed E-state index contributed by atoms with van der Waals surface area (Å²) in [4.78, 5) is 0. The molecule has 0 unspecified atom stereocenters. The van der Waals surface area contributed by atoms with Crippen molar-refractivity contribution < 1.29 is 21.7 Å². The van der Waals surface area contributed by atoms with E-state index in [4.69, 9.17) is 10.6 Å². The Hall–Kier alpha value is -2.78. The fourth-order valence-electron chi connectivity index (χ4n) is 6.79. The van der Waals surface area contributed by atoms with Gasteiger partial charge in [-0.05, 0) is 47.3 Å². The van der Waals surface area contributed by atoms with Crippen molar-refractivity contribution in [3.05, 3.63) is 133 Å². The van der Waals surface area contributed by atoms with E-state index >= 15 is 0 Å². The van der Waals surface area contributed by atoms with Crippen LogP contribution in [-0.4, -0.2) is 22.5 Å². The number of para-hydroxylation sites is 4. The Morgan fingerprint density at radius 1 is 0.291 bits per heavy atom. The van der Waals surface area contributed by atoms with Gasteiger partial charge in [0.2, 0.25) is 0 Å². The number of benzene rings is 4. The van der Waals surface area contributed by atoms with E-state index in [2.05, 4.69) is 189 Å². The molecule has 0 aromatic heterocycles. The van der Waals surface area contributed by atoms with E-state index in [9.17, 15) is 0 Å². The first kappa shape index (κ1) is 52.2. The van der Waals surface area contributed by atoms with Crippen molar-refractivity contribution in [1.29, 1.82) is 0 Å². The first-order valence-corrected chi connectivity index (χ1v) is 20.3. The average Bonchev–Trinajstić information content (AvgIpc) is 3.08. The fraction of sp³-hybridized carbons (Fsp3) is 0.520. The van der Waals surface area contributed by atoms with E-state index in [1.165, 1.54) is 67.3 Å². The van der Waals surface area contributed by atoms with Gasteiger partial charge in [-0.1, -0.05) is 228 Å². The summed E-state index contributed by atoms with van der Waals surface area (Å²) in [5.74, 6) is 3.71. The molecular formula is C50H74BN3Ti. The van der Waals surface area contributed by atoms with Gasteiger partial charge in [-0.2, -0.15) is 14.1 Å². The molecule has 5 heteroatoms. The monoisotopic (exact) mass is 776 g/mol. The number of nitrogens with zero attached hydrogens (tertiary/aromatic N) is 3. The maximum Gasteiger partial charge on any atom is 3.00 e. The summed E-state index contributed by atoms with van der Waals surface area (Å²) in [5, 5.41) is 14.2. The van der Waals surface area contributed by atoms with Crippen molar-refractivity contribution in [1.82, 2.24) is 0 Å². The zero-order chi connectivity index (χ0) is 40.2. The molecule has 4 aromatic rings. The molecule has 0 bridgehead atoms. The smallest absolute Gasteiger partial charge is 0.668 e. The summed E-state index contributed by atoms with van der Waals surface area (Å²) in [6.07, 6.45) is 0. The maximum absolute atomic E-state index is 5.33. The van der Waals surface area contributed by atoms with Crippen LogP contribution < -0.4 is 0 Å². The Balaban J connectivity index is 0.000000957. The van der Waals surface area contributed by atoms with Crippen LogP contribution in [0.15, 0.2) is 72.8 Å². The molecule has 55 heavy (non-hydrogen) atoms. The molecule has 0 amide bonds.